The fourth-order valence-electron chi connectivity index (χ4n) is 2.34. The van der Waals surface area contributed by atoms with Crippen LogP contribution < -0.4 is 4.74 Å². The monoisotopic (exact) mass is 292 g/mol. The van der Waals surface area contributed by atoms with E-state index in [9.17, 15) is 0 Å². The van der Waals surface area contributed by atoms with Gasteiger partial charge in [-0.3, -0.25) is 0 Å². The van der Waals surface area contributed by atoms with Crippen molar-refractivity contribution in [3.8, 4) is 5.75 Å². The predicted molar refractivity (Wildman–Crippen MR) is 89.7 cm³/mol. The highest BCUT2D eigenvalue weighted by molar-refractivity contribution is 5.27. The molecule has 120 valence electrons. The van der Waals surface area contributed by atoms with E-state index in [0.717, 1.165) is 12.4 Å². The van der Waals surface area contributed by atoms with E-state index >= 15 is 0 Å². The molecule has 0 saturated heterocycles. The number of hydrogen-bond acceptors (Lipinski definition) is 2. The highest BCUT2D eigenvalue weighted by Gasteiger charge is 2.13. The first-order valence-corrected chi connectivity index (χ1v) is 8.36. The molecule has 0 aliphatic carbocycles. The van der Waals surface area contributed by atoms with Crippen LogP contribution in [0.15, 0.2) is 24.3 Å². The van der Waals surface area contributed by atoms with Crippen molar-refractivity contribution < 1.29 is 9.47 Å². The first kappa shape index (κ1) is 18.0. The third-order valence-corrected chi connectivity index (χ3v) is 3.77. The summed E-state index contributed by atoms with van der Waals surface area (Å²) in [4.78, 5) is 0. The van der Waals surface area contributed by atoms with Crippen LogP contribution >= 0.6 is 0 Å². The molecule has 0 saturated carbocycles. The minimum absolute atomic E-state index is 0.220. The van der Waals surface area contributed by atoms with E-state index in [1.165, 1.54) is 24.8 Å². The van der Waals surface area contributed by atoms with Crippen molar-refractivity contribution in [2.75, 3.05) is 6.61 Å². The number of hydrogen-bond donors (Lipinski definition) is 0. The maximum atomic E-state index is 5.92. The Morgan fingerprint density at radius 2 is 1.67 bits per heavy atom. The van der Waals surface area contributed by atoms with Crippen LogP contribution in [0.2, 0.25) is 0 Å². The Balaban J connectivity index is 2.36. The molecule has 0 N–H and O–H groups in total. The Labute approximate surface area is 130 Å². The smallest absolute Gasteiger partial charge is 0.119 e. The van der Waals surface area contributed by atoms with Crippen molar-refractivity contribution >= 4 is 0 Å². The Morgan fingerprint density at radius 3 is 2.19 bits per heavy atom. The lowest BCUT2D eigenvalue weighted by molar-refractivity contribution is 0.0673. The Morgan fingerprint density at radius 1 is 1.00 bits per heavy atom. The van der Waals surface area contributed by atoms with Crippen LogP contribution in [0.4, 0.5) is 0 Å². The van der Waals surface area contributed by atoms with Gasteiger partial charge in [-0.15, -0.1) is 0 Å². The van der Waals surface area contributed by atoms with E-state index in [2.05, 4.69) is 32.9 Å². The van der Waals surface area contributed by atoms with Gasteiger partial charge < -0.3 is 9.47 Å². The van der Waals surface area contributed by atoms with Gasteiger partial charge in [0.25, 0.3) is 0 Å². The topological polar surface area (TPSA) is 18.5 Å². The number of ether oxygens (including phenoxy) is 2. The zero-order valence-electron chi connectivity index (χ0n) is 14.4. The van der Waals surface area contributed by atoms with Crippen LogP contribution in [-0.4, -0.2) is 12.7 Å². The molecule has 1 aromatic rings. The van der Waals surface area contributed by atoms with Crippen LogP contribution in [0, 0.1) is 11.8 Å². The molecule has 0 spiro atoms. The van der Waals surface area contributed by atoms with Gasteiger partial charge in [0.15, 0.2) is 0 Å². The maximum Gasteiger partial charge on any atom is 0.119 e. The van der Waals surface area contributed by atoms with E-state index < -0.39 is 0 Å². The highest BCUT2D eigenvalue weighted by atomic mass is 16.5. The summed E-state index contributed by atoms with van der Waals surface area (Å²) in [7, 11) is 0. The minimum Gasteiger partial charge on any atom is -0.491 e. The van der Waals surface area contributed by atoms with Crippen molar-refractivity contribution in [2.24, 2.45) is 11.8 Å². The van der Waals surface area contributed by atoms with E-state index in [1.807, 2.05) is 26.0 Å². The van der Waals surface area contributed by atoms with Crippen molar-refractivity contribution in [1.29, 1.82) is 0 Å². The zero-order chi connectivity index (χ0) is 15.7. The second-order valence-corrected chi connectivity index (χ2v) is 6.47. The highest BCUT2D eigenvalue weighted by Crippen LogP contribution is 2.20. The second-order valence-electron chi connectivity index (χ2n) is 6.47. The van der Waals surface area contributed by atoms with Crippen molar-refractivity contribution in [3.63, 3.8) is 0 Å². The lowest BCUT2D eigenvalue weighted by atomic mass is 9.91. The summed E-state index contributed by atoms with van der Waals surface area (Å²) in [6.45, 7) is 12.5. The molecule has 2 heteroatoms. The average Bonchev–Trinajstić information content (AvgIpc) is 2.43. The molecular weight excluding hydrogens is 260 g/mol. The molecule has 0 fully saturated rings. The molecular formula is C19H32O2. The fraction of sp³-hybridized carbons (Fsp3) is 0.684. The lowest BCUT2D eigenvalue weighted by Gasteiger charge is -2.20. The van der Waals surface area contributed by atoms with Crippen molar-refractivity contribution in [2.45, 2.75) is 66.6 Å². The maximum absolute atomic E-state index is 5.92. The minimum atomic E-state index is 0.220. The standard InChI is InChI=1S/C19H32O2/c1-6-7-8-18(15(2)3)14-20-13-17-9-11-19(12-10-17)21-16(4)5/h9-12,15-16,18H,6-8,13-14H2,1-5H3. The molecule has 1 unspecified atom stereocenters. The molecule has 0 amide bonds. The van der Waals surface area contributed by atoms with Crippen LogP contribution in [0.5, 0.6) is 5.75 Å². The molecule has 2 nitrogen and oxygen atoms in total. The predicted octanol–water partition coefficient (Wildman–Crippen LogP) is 5.45. The Kier molecular flexibility index (Phi) is 8.44. The van der Waals surface area contributed by atoms with Crippen molar-refractivity contribution in [1.82, 2.24) is 0 Å². The summed E-state index contributed by atoms with van der Waals surface area (Å²) >= 11 is 0. The molecule has 21 heavy (non-hydrogen) atoms. The van der Waals surface area contributed by atoms with Crippen LogP contribution in [0.1, 0.15) is 59.4 Å². The van der Waals surface area contributed by atoms with Gasteiger partial charge in [-0.1, -0.05) is 45.7 Å². The number of unbranched alkanes of at least 4 members (excludes halogenated alkanes) is 1. The summed E-state index contributed by atoms with van der Waals surface area (Å²) in [5, 5.41) is 0. The molecule has 0 heterocycles. The van der Waals surface area contributed by atoms with Gasteiger partial charge in [0.05, 0.1) is 19.3 Å². The Bertz CT molecular complexity index is 368. The van der Waals surface area contributed by atoms with Crippen LogP contribution in [-0.2, 0) is 11.3 Å². The first-order chi connectivity index (χ1) is 10.0. The number of benzene rings is 1. The summed E-state index contributed by atoms with van der Waals surface area (Å²) in [6, 6.07) is 8.23. The van der Waals surface area contributed by atoms with E-state index in [0.29, 0.717) is 18.4 Å². The van der Waals surface area contributed by atoms with Gasteiger partial charge in [0.2, 0.25) is 0 Å². The molecule has 0 aliphatic rings. The molecule has 0 bridgehead atoms. The largest absolute Gasteiger partial charge is 0.491 e. The van der Waals surface area contributed by atoms with Crippen LogP contribution in [0.25, 0.3) is 0 Å². The molecule has 0 aromatic heterocycles. The van der Waals surface area contributed by atoms with E-state index in [4.69, 9.17) is 9.47 Å². The zero-order valence-corrected chi connectivity index (χ0v) is 14.4. The Hall–Kier alpha value is -1.02. The van der Waals surface area contributed by atoms with Gasteiger partial charge in [-0.25, -0.2) is 0 Å². The summed E-state index contributed by atoms with van der Waals surface area (Å²) in [6.07, 6.45) is 4.06. The van der Waals surface area contributed by atoms with E-state index in [1.54, 1.807) is 0 Å². The molecule has 1 aromatic carbocycles. The SMILES string of the molecule is CCCCC(COCc1ccc(OC(C)C)cc1)C(C)C. The second kappa shape index (κ2) is 9.83. The fourth-order valence-corrected chi connectivity index (χ4v) is 2.34. The molecule has 0 aliphatic heterocycles. The average molecular weight is 292 g/mol. The molecule has 1 rings (SSSR count). The lowest BCUT2D eigenvalue weighted by Crippen LogP contribution is -2.16. The molecule has 0 radical (unpaired) electrons. The third kappa shape index (κ3) is 7.52. The van der Waals surface area contributed by atoms with Gasteiger partial charge in [0, 0.05) is 0 Å². The van der Waals surface area contributed by atoms with Gasteiger partial charge in [0.1, 0.15) is 5.75 Å². The normalized spacial score (nSPS) is 12.9. The van der Waals surface area contributed by atoms with Gasteiger partial charge >= 0.3 is 0 Å². The number of rotatable bonds is 10. The van der Waals surface area contributed by atoms with Gasteiger partial charge in [-0.05, 0) is 49.8 Å². The van der Waals surface area contributed by atoms with Gasteiger partial charge in [-0.2, -0.15) is 0 Å². The third-order valence-electron chi connectivity index (χ3n) is 3.77. The first-order valence-electron chi connectivity index (χ1n) is 8.36. The summed E-state index contributed by atoms with van der Waals surface area (Å²) < 4.78 is 11.6. The summed E-state index contributed by atoms with van der Waals surface area (Å²) in [5.41, 5.74) is 1.21. The van der Waals surface area contributed by atoms with E-state index in [-0.39, 0.29) is 6.10 Å². The van der Waals surface area contributed by atoms with Crippen molar-refractivity contribution in [3.05, 3.63) is 29.8 Å². The quantitative estimate of drug-likeness (QED) is 0.570. The molecule has 1 atom stereocenters. The summed E-state index contributed by atoms with van der Waals surface area (Å²) in [5.74, 6) is 2.30. The van der Waals surface area contributed by atoms with Crippen LogP contribution in [0.3, 0.4) is 0 Å².